The van der Waals surface area contributed by atoms with E-state index in [1.165, 1.54) is 7.11 Å². The summed E-state index contributed by atoms with van der Waals surface area (Å²) in [4.78, 5) is 25.3. The second-order valence-electron chi connectivity index (χ2n) is 4.84. The van der Waals surface area contributed by atoms with E-state index in [-0.39, 0.29) is 17.9 Å². The van der Waals surface area contributed by atoms with Crippen LogP contribution in [0.5, 0.6) is 0 Å². The molecule has 108 valence electrons. The SMILES string of the molecule is COC(=O)CCN1CCNC(=O)C[C@H]1c1ccccc1. The van der Waals surface area contributed by atoms with Gasteiger partial charge in [0, 0.05) is 32.1 Å². The molecule has 1 aliphatic heterocycles. The van der Waals surface area contributed by atoms with Gasteiger partial charge in [-0.2, -0.15) is 0 Å². The third-order valence-electron chi connectivity index (χ3n) is 3.56. The first-order chi connectivity index (χ1) is 9.70. The molecule has 0 radical (unpaired) electrons. The molecule has 1 saturated heterocycles. The van der Waals surface area contributed by atoms with Crippen LogP contribution in [-0.2, 0) is 14.3 Å². The van der Waals surface area contributed by atoms with Gasteiger partial charge in [-0.1, -0.05) is 30.3 Å². The standard InChI is InChI=1S/C15H20N2O3/c1-20-15(19)7-9-17-10-8-16-14(18)11-13(17)12-5-3-2-4-6-12/h2-6,13H,7-11H2,1H3,(H,16,18)/t13-/m0/s1. The highest BCUT2D eigenvalue weighted by Crippen LogP contribution is 2.25. The van der Waals surface area contributed by atoms with Crippen LogP contribution in [0.3, 0.4) is 0 Å². The summed E-state index contributed by atoms with van der Waals surface area (Å²) in [6.45, 7) is 1.95. The van der Waals surface area contributed by atoms with Crippen LogP contribution in [0.25, 0.3) is 0 Å². The van der Waals surface area contributed by atoms with Crippen LogP contribution in [0.15, 0.2) is 30.3 Å². The molecule has 1 aliphatic rings. The lowest BCUT2D eigenvalue weighted by Crippen LogP contribution is -2.33. The molecule has 0 aromatic heterocycles. The van der Waals surface area contributed by atoms with Gasteiger partial charge in [0.15, 0.2) is 0 Å². The minimum atomic E-state index is -0.222. The fraction of sp³-hybridized carbons (Fsp3) is 0.467. The van der Waals surface area contributed by atoms with Gasteiger partial charge >= 0.3 is 5.97 Å². The number of nitrogens with zero attached hydrogens (tertiary/aromatic N) is 1. The normalized spacial score (nSPS) is 20.1. The van der Waals surface area contributed by atoms with Gasteiger partial charge in [-0.25, -0.2) is 0 Å². The first-order valence-corrected chi connectivity index (χ1v) is 6.83. The van der Waals surface area contributed by atoms with Gasteiger partial charge in [0.1, 0.15) is 0 Å². The highest BCUT2D eigenvalue weighted by molar-refractivity contribution is 5.77. The Hall–Kier alpha value is -1.88. The van der Waals surface area contributed by atoms with Gasteiger partial charge < -0.3 is 10.1 Å². The second-order valence-corrected chi connectivity index (χ2v) is 4.84. The van der Waals surface area contributed by atoms with Crippen molar-refractivity contribution in [2.45, 2.75) is 18.9 Å². The van der Waals surface area contributed by atoms with Crippen molar-refractivity contribution in [2.24, 2.45) is 0 Å². The number of ether oxygens (including phenoxy) is 1. The van der Waals surface area contributed by atoms with E-state index in [1.54, 1.807) is 0 Å². The molecule has 0 unspecified atom stereocenters. The van der Waals surface area contributed by atoms with Crippen LogP contribution in [0.4, 0.5) is 0 Å². The van der Waals surface area contributed by atoms with Crippen molar-refractivity contribution in [3.63, 3.8) is 0 Å². The molecule has 1 aromatic carbocycles. The average molecular weight is 276 g/mol. The quantitative estimate of drug-likeness (QED) is 0.837. The minimum absolute atomic E-state index is 0.0170. The summed E-state index contributed by atoms with van der Waals surface area (Å²) >= 11 is 0. The fourth-order valence-corrected chi connectivity index (χ4v) is 2.48. The van der Waals surface area contributed by atoms with Gasteiger partial charge in [-0.05, 0) is 5.56 Å². The Labute approximate surface area is 118 Å². The summed E-state index contributed by atoms with van der Waals surface area (Å²) in [5.74, 6) is -0.167. The van der Waals surface area contributed by atoms with E-state index >= 15 is 0 Å². The van der Waals surface area contributed by atoms with E-state index in [4.69, 9.17) is 0 Å². The highest BCUT2D eigenvalue weighted by atomic mass is 16.5. The number of hydrogen-bond acceptors (Lipinski definition) is 4. The van der Waals surface area contributed by atoms with Crippen molar-refractivity contribution in [3.8, 4) is 0 Å². The van der Waals surface area contributed by atoms with Crippen molar-refractivity contribution < 1.29 is 14.3 Å². The molecular weight excluding hydrogens is 256 g/mol. The Bertz CT molecular complexity index is 461. The fourth-order valence-electron chi connectivity index (χ4n) is 2.48. The van der Waals surface area contributed by atoms with Crippen molar-refractivity contribution in [1.82, 2.24) is 10.2 Å². The molecule has 0 bridgehead atoms. The number of carbonyl (C=O) groups is 2. The maximum absolute atomic E-state index is 11.8. The van der Waals surface area contributed by atoms with E-state index in [9.17, 15) is 9.59 Å². The van der Waals surface area contributed by atoms with Crippen molar-refractivity contribution in [1.29, 1.82) is 0 Å². The number of hydrogen-bond donors (Lipinski definition) is 1. The maximum atomic E-state index is 11.8. The molecule has 1 atom stereocenters. The summed E-state index contributed by atoms with van der Waals surface area (Å²) in [6.07, 6.45) is 0.763. The average Bonchev–Trinajstić information content (AvgIpc) is 2.67. The predicted octanol–water partition coefficient (Wildman–Crippen LogP) is 1.11. The molecular formula is C15H20N2O3. The van der Waals surface area contributed by atoms with Crippen LogP contribution in [0.2, 0.25) is 0 Å². The van der Waals surface area contributed by atoms with Crippen LogP contribution in [0.1, 0.15) is 24.4 Å². The Morgan fingerprint density at radius 1 is 1.40 bits per heavy atom. The third-order valence-corrected chi connectivity index (χ3v) is 3.56. The van der Waals surface area contributed by atoms with Crippen LogP contribution >= 0.6 is 0 Å². The van der Waals surface area contributed by atoms with E-state index in [0.29, 0.717) is 25.9 Å². The van der Waals surface area contributed by atoms with E-state index in [2.05, 4.69) is 15.0 Å². The van der Waals surface area contributed by atoms with Gasteiger partial charge in [-0.3, -0.25) is 14.5 Å². The minimum Gasteiger partial charge on any atom is -0.469 e. The molecule has 5 heteroatoms. The van der Waals surface area contributed by atoms with Crippen molar-refractivity contribution >= 4 is 11.9 Å². The topological polar surface area (TPSA) is 58.6 Å². The zero-order valence-electron chi connectivity index (χ0n) is 11.7. The first kappa shape index (κ1) is 14.5. The summed E-state index contributed by atoms with van der Waals surface area (Å²) < 4.78 is 4.69. The van der Waals surface area contributed by atoms with Crippen LogP contribution in [-0.4, -0.2) is 43.5 Å². The van der Waals surface area contributed by atoms with E-state index < -0.39 is 0 Å². The molecule has 20 heavy (non-hydrogen) atoms. The summed E-state index contributed by atoms with van der Waals surface area (Å²) in [5.41, 5.74) is 1.11. The van der Waals surface area contributed by atoms with Gasteiger partial charge in [-0.15, -0.1) is 0 Å². The zero-order chi connectivity index (χ0) is 14.4. The van der Waals surface area contributed by atoms with Crippen LogP contribution < -0.4 is 5.32 Å². The van der Waals surface area contributed by atoms with E-state index in [1.807, 2.05) is 30.3 Å². The summed E-state index contributed by atoms with van der Waals surface area (Å²) in [7, 11) is 1.39. The Balaban J connectivity index is 2.12. The smallest absolute Gasteiger partial charge is 0.306 e. The molecule has 1 fully saturated rings. The Morgan fingerprint density at radius 2 is 2.15 bits per heavy atom. The molecule has 1 aromatic rings. The predicted molar refractivity (Wildman–Crippen MR) is 75.0 cm³/mol. The maximum Gasteiger partial charge on any atom is 0.306 e. The molecule has 1 amide bonds. The van der Waals surface area contributed by atoms with Gasteiger partial charge in [0.05, 0.1) is 13.5 Å². The van der Waals surface area contributed by atoms with Crippen molar-refractivity contribution in [2.75, 3.05) is 26.7 Å². The highest BCUT2D eigenvalue weighted by Gasteiger charge is 2.26. The number of methoxy groups -OCH3 is 1. The molecule has 5 nitrogen and oxygen atoms in total. The number of amides is 1. The number of esters is 1. The molecule has 0 saturated carbocycles. The number of carbonyl (C=O) groups excluding carboxylic acids is 2. The van der Waals surface area contributed by atoms with E-state index in [0.717, 1.165) is 12.1 Å². The monoisotopic (exact) mass is 276 g/mol. The van der Waals surface area contributed by atoms with Crippen LogP contribution in [0, 0.1) is 0 Å². The summed E-state index contributed by atoms with van der Waals surface area (Å²) in [6, 6.07) is 9.96. The number of nitrogens with one attached hydrogen (secondary N) is 1. The largest absolute Gasteiger partial charge is 0.469 e. The van der Waals surface area contributed by atoms with Gasteiger partial charge in [0.2, 0.25) is 5.91 Å². The van der Waals surface area contributed by atoms with Gasteiger partial charge in [0.25, 0.3) is 0 Å². The molecule has 2 rings (SSSR count). The number of rotatable bonds is 4. The molecule has 0 aliphatic carbocycles. The Kier molecular flexibility index (Phi) is 5.12. The lowest BCUT2D eigenvalue weighted by atomic mass is 10.0. The second kappa shape index (κ2) is 7.05. The lowest BCUT2D eigenvalue weighted by molar-refractivity contribution is -0.141. The van der Waals surface area contributed by atoms with Crippen molar-refractivity contribution in [3.05, 3.63) is 35.9 Å². The number of benzene rings is 1. The molecule has 1 heterocycles. The lowest BCUT2D eigenvalue weighted by Gasteiger charge is -2.28. The third kappa shape index (κ3) is 3.81. The first-order valence-electron chi connectivity index (χ1n) is 6.83. The molecule has 1 N–H and O–H groups in total. The zero-order valence-corrected chi connectivity index (χ0v) is 11.7. The Morgan fingerprint density at radius 3 is 2.85 bits per heavy atom. The molecule has 0 spiro atoms. The summed E-state index contributed by atoms with van der Waals surface area (Å²) in [5, 5.41) is 2.88.